The lowest BCUT2D eigenvalue weighted by molar-refractivity contribution is 0.0596. The van der Waals surface area contributed by atoms with Crippen LogP contribution in [0.3, 0.4) is 0 Å². The summed E-state index contributed by atoms with van der Waals surface area (Å²) in [5.74, 6) is -1.50. The summed E-state index contributed by atoms with van der Waals surface area (Å²) >= 11 is 0. The van der Waals surface area contributed by atoms with E-state index in [4.69, 9.17) is 9.47 Å². The van der Waals surface area contributed by atoms with Crippen LogP contribution >= 0.6 is 0 Å². The number of phenolic OH excluding ortho intramolecular Hbond substituents is 2. The summed E-state index contributed by atoms with van der Waals surface area (Å²) in [6, 6.07) is 3.09. The van der Waals surface area contributed by atoms with Gasteiger partial charge in [0, 0.05) is 11.1 Å². The summed E-state index contributed by atoms with van der Waals surface area (Å²) in [6.45, 7) is 6.36. The van der Waals surface area contributed by atoms with Crippen molar-refractivity contribution in [1.29, 1.82) is 0 Å². The van der Waals surface area contributed by atoms with E-state index in [1.807, 2.05) is 0 Å². The number of hydrogen-bond donors (Lipinski definition) is 2. The van der Waals surface area contributed by atoms with Gasteiger partial charge in [0.2, 0.25) is 0 Å². The highest BCUT2D eigenvalue weighted by molar-refractivity contribution is 5.98. The first-order chi connectivity index (χ1) is 12.6. The molecular weight excluding hydrogens is 352 g/mol. The first kappa shape index (κ1) is 20.1. The van der Waals surface area contributed by atoms with Gasteiger partial charge in [-0.3, -0.25) is 0 Å². The average molecular weight is 374 g/mol. The van der Waals surface area contributed by atoms with Gasteiger partial charge in [0.05, 0.1) is 14.2 Å². The van der Waals surface area contributed by atoms with Crippen LogP contribution in [0.15, 0.2) is 12.1 Å². The summed E-state index contributed by atoms with van der Waals surface area (Å²) < 4.78 is 15.2. The Bertz CT molecular complexity index is 929. The van der Waals surface area contributed by atoms with Crippen LogP contribution in [-0.4, -0.2) is 36.4 Å². The molecule has 0 saturated heterocycles. The number of methoxy groups -OCH3 is 2. The molecule has 0 fully saturated rings. The van der Waals surface area contributed by atoms with Gasteiger partial charge in [-0.25, -0.2) is 9.59 Å². The Morgan fingerprint density at radius 2 is 1.22 bits per heavy atom. The quantitative estimate of drug-likeness (QED) is 0.625. The zero-order valence-electron chi connectivity index (χ0n) is 16.1. The standard InChI is InChI=1S/C20H22O7/c1-9-7-13(25-5)11(3)17(21)16(9)20(24)27-14-8-10(2)15(19(23)26-6)18(22)12(14)4/h7-8,21-22H,1-6H3. The lowest BCUT2D eigenvalue weighted by Crippen LogP contribution is -2.13. The van der Waals surface area contributed by atoms with Gasteiger partial charge in [-0.15, -0.1) is 0 Å². The maximum atomic E-state index is 12.7. The second kappa shape index (κ2) is 7.57. The number of rotatable bonds is 4. The Labute approximate surface area is 157 Å². The first-order valence-electron chi connectivity index (χ1n) is 8.14. The average Bonchev–Trinajstić information content (AvgIpc) is 2.62. The maximum Gasteiger partial charge on any atom is 0.347 e. The number of ether oxygens (including phenoxy) is 3. The number of phenols is 2. The number of aromatic hydroxyl groups is 2. The summed E-state index contributed by atoms with van der Waals surface area (Å²) in [5, 5.41) is 20.7. The fourth-order valence-corrected chi connectivity index (χ4v) is 2.82. The van der Waals surface area contributed by atoms with Crippen LogP contribution in [0.25, 0.3) is 0 Å². The molecule has 2 aromatic carbocycles. The molecule has 0 aliphatic rings. The monoisotopic (exact) mass is 374 g/mol. The molecule has 0 aliphatic heterocycles. The number of esters is 2. The maximum absolute atomic E-state index is 12.7. The van der Waals surface area contributed by atoms with Crippen molar-refractivity contribution in [3.63, 3.8) is 0 Å². The SMILES string of the molecule is COC(=O)c1c(C)cc(OC(=O)c2c(C)cc(OC)c(C)c2O)c(C)c1O. The van der Waals surface area contributed by atoms with E-state index >= 15 is 0 Å². The molecule has 0 bridgehead atoms. The predicted molar refractivity (Wildman–Crippen MR) is 98.0 cm³/mol. The van der Waals surface area contributed by atoms with Crippen molar-refractivity contribution in [2.45, 2.75) is 27.7 Å². The van der Waals surface area contributed by atoms with Gasteiger partial charge in [0.1, 0.15) is 34.1 Å². The number of carbonyl (C=O) groups is 2. The molecule has 2 aromatic rings. The third-order valence-corrected chi connectivity index (χ3v) is 4.42. The van der Waals surface area contributed by atoms with Crippen LogP contribution in [0, 0.1) is 27.7 Å². The second-order valence-electron chi connectivity index (χ2n) is 6.17. The van der Waals surface area contributed by atoms with Crippen molar-refractivity contribution >= 4 is 11.9 Å². The Morgan fingerprint density at radius 3 is 1.70 bits per heavy atom. The summed E-state index contributed by atoms with van der Waals surface area (Å²) in [6.07, 6.45) is 0. The predicted octanol–water partition coefficient (Wildman–Crippen LogP) is 3.35. The minimum absolute atomic E-state index is 0.00175. The van der Waals surface area contributed by atoms with Crippen LogP contribution in [0.1, 0.15) is 43.0 Å². The van der Waals surface area contributed by atoms with Crippen molar-refractivity contribution in [2.75, 3.05) is 14.2 Å². The van der Waals surface area contributed by atoms with E-state index in [-0.39, 0.29) is 33.9 Å². The van der Waals surface area contributed by atoms with E-state index in [0.717, 1.165) is 0 Å². The van der Waals surface area contributed by atoms with Crippen molar-refractivity contribution in [3.8, 4) is 23.0 Å². The Kier molecular flexibility index (Phi) is 5.64. The fourth-order valence-electron chi connectivity index (χ4n) is 2.82. The van der Waals surface area contributed by atoms with Gasteiger partial charge in [0.25, 0.3) is 0 Å². The van der Waals surface area contributed by atoms with Gasteiger partial charge < -0.3 is 24.4 Å². The smallest absolute Gasteiger partial charge is 0.347 e. The molecule has 144 valence electrons. The molecule has 0 heterocycles. The normalized spacial score (nSPS) is 10.4. The van der Waals surface area contributed by atoms with Crippen molar-refractivity contribution < 1.29 is 34.0 Å². The highest BCUT2D eigenvalue weighted by Gasteiger charge is 2.25. The number of hydrogen-bond acceptors (Lipinski definition) is 7. The number of benzene rings is 2. The lowest BCUT2D eigenvalue weighted by atomic mass is 10.0. The van der Waals surface area contributed by atoms with E-state index in [0.29, 0.717) is 22.4 Å². The fraction of sp³-hybridized carbons (Fsp3) is 0.300. The molecule has 0 amide bonds. The third kappa shape index (κ3) is 3.53. The van der Waals surface area contributed by atoms with Crippen LogP contribution in [-0.2, 0) is 4.74 Å². The minimum atomic E-state index is -0.788. The molecule has 0 unspecified atom stereocenters. The van der Waals surface area contributed by atoms with E-state index in [9.17, 15) is 19.8 Å². The van der Waals surface area contributed by atoms with Gasteiger partial charge in [-0.2, -0.15) is 0 Å². The largest absolute Gasteiger partial charge is 0.507 e. The zero-order chi connectivity index (χ0) is 20.5. The van der Waals surface area contributed by atoms with Crippen molar-refractivity contribution in [2.24, 2.45) is 0 Å². The third-order valence-electron chi connectivity index (χ3n) is 4.42. The Hall–Kier alpha value is -3.22. The van der Waals surface area contributed by atoms with Crippen LogP contribution in [0.4, 0.5) is 0 Å². The molecule has 7 nitrogen and oxygen atoms in total. The minimum Gasteiger partial charge on any atom is -0.507 e. The molecule has 0 spiro atoms. The lowest BCUT2D eigenvalue weighted by Gasteiger charge is -2.16. The van der Waals surface area contributed by atoms with Crippen LogP contribution in [0.2, 0.25) is 0 Å². The molecule has 7 heteroatoms. The van der Waals surface area contributed by atoms with E-state index < -0.39 is 11.9 Å². The summed E-state index contributed by atoms with van der Waals surface area (Å²) in [4.78, 5) is 24.5. The van der Waals surface area contributed by atoms with Crippen LogP contribution in [0.5, 0.6) is 23.0 Å². The van der Waals surface area contributed by atoms with E-state index in [1.54, 1.807) is 26.8 Å². The van der Waals surface area contributed by atoms with Crippen LogP contribution < -0.4 is 9.47 Å². The number of carbonyl (C=O) groups excluding carboxylic acids is 2. The first-order valence-corrected chi connectivity index (χ1v) is 8.14. The van der Waals surface area contributed by atoms with Crippen molar-refractivity contribution in [1.82, 2.24) is 0 Å². The Balaban J connectivity index is 2.49. The molecule has 0 aromatic heterocycles. The summed E-state index contributed by atoms with van der Waals surface area (Å²) in [5.41, 5.74) is 1.49. The molecular formula is C20H22O7. The molecule has 0 aliphatic carbocycles. The van der Waals surface area contributed by atoms with E-state index in [1.165, 1.54) is 27.2 Å². The Morgan fingerprint density at radius 1 is 0.778 bits per heavy atom. The highest BCUT2D eigenvalue weighted by Crippen LogP contribution is 2.37. The molecule has 2 rings (SSSR count). The molecule has 2 N–H and O–H groups in total. The molecule has 27 heavy (non-hydrogen) atoms. The van der Waals surface area contributed by atoms with Gasteiger partial charge in [-0.1, -0.05) is 0 Å². The van der Waals surface area contributed by atoms with Crippen molar-refractivity contribution in [3.05, 3.63) is 45.5 Å². The highest BCUT2D eigenvalue weighted by atomic mass is 16.5. The van der Waals surface area contributed by atoms with Gasteiger partial charge in [0.15, 0.2) is 0 Å². The van der Waals surface area contributed by atoms with Gasteiger partial charge in [-0.05, 0) is 51.0 Å². The van der Waals surface area contributed by atoms with E-state index in [2.05, 4.69) is 4.74 Å². The van der Waals surface area contributed by atoms with Gasteiger partial charge >= 0.3 is 11.9 Å². The topological polar surface area (TPSA) is 102 Å². The summed E-state index contributed by atoms with van der Waals surface area (Å²) in [7, 11) is 2.68. The number of aryl methyl sites for hydroxylation is 2. The molecule has 0 radical (unpaired) electrons. The zero-order valence-corrected chi connectivity index (χ0v) is 16.1. The second-order valence-corrected chi connectivity index (χ2v) is 6.17. The molecule has 0 atom stereocenters. The molecule has 0 saturated carbocycles.